The third-order valence-corrected chi connectivity index (χ3v) is 4.71. The molecule has 1 atom stereocenters. The summed E-state index contributed by atoms with van der Waals surface area (Å²) in [7, 11) is 0. The first-order valence-corrected chi connectivity index (χ1v) is 8.85. The largest absolute Gasteiger partial charge is 0.476 e. The van der Waals surface area contributed by atoms with Crippen LogP contribution in [-0.4, -0.2) is 28.5 Å². The van der Waals surface area contributed by atoms with Crippen LogP contribution in [0.15, 0.2) is 29.6 Å². The van der Waals surface area contributed by atoms with Crippen molar-refractivity contribution in [2.45, 2.75) is 26.2 Å². The summed E-state index contributed by atoms with van der Waals surface area (Å²) in [6.07, 6.45) is 0.504. The van der Waals surface area contributed by atoms with Gasteiger partial charge in [0.1, 0.15) is 0 Å². The lowest BCUT2D eigenvalue weighted by Crippen LogP contribution is -2.33. The normalized spacial score (nSPS) is 12.2. The minimum Gasteiger partial charge on any atom is -0.476 e. The van der Waals surface area contributed by atoms with Crippen LogP contribution in [0.3, 0.4) is 0 Å². The minimum absolute atomic E-state index is 0.0420. The number of aromatic carboxylic acids is 1. The molecule has 1 amide bonds. The first-order chi connectivity index (χ1) is 11.4. The molecule has 1 heterocycles. The quantitative estimate of drug-likeness (QED) is 0.784. The van der Waals surface area contributed by atoms with Crippen molar-refractivity contribution in [3.8, 4) is 0 Å². The summed E-state index contributed by atoms with van der Waals surface area (Å²) in [5.74, 6) is -1.26. The van der Waals surface area contributed by atoms with E-state index in [4.69, 9.17) is 16.7 Å². The van der Waals surface area contributed by atoms with Gasteiger partial charge in [0.15, 0.2) is 5.69 Å². The van der Waals surface area contributed by atoms with Crippen LogP contribution in [0.2, 0.25) is 5.02 Å². The highest BCUT2D eigenvalue weighted by molar-refractivity contribution is 7.09. The summed E-state index contributed by atoms with van der Waals surface area (Å²) >= 11 is 7.31. The highest BCUT2D eigenvalue weighted by Crippen LogP contribution is 2.26. The van der Waals surface area contributed by atoms with Gasteiger partial charge in [-0.15, -0.1) is 11.3 Å². The monoisotopic (exact) mass is 366 g/mol. The summed E-state index contributed by atoms with van der Waals surface area (Å²) in [5, 5.41) is 14.6. The zero-order chi connectivity index (χ0) is 17.7. The summed E-state index contributed by atoms with van der Waals surface area (Å²) in [4.78, 5) is 27.3. The van der Waals surface area contributed by atoms with E-state index < -0.39 is 5.97 Å². The average molecular weight is 367 g/mol. The van der Waals surface area contributed by atoms with Gasteiger partial charge in [-0.3, -0.25) is 4.79 Å². The molecule has 0 saturated carbocycles. The molecule has 0 saturated heterocycles. The number of carbonyl (C=O) groups is 2. The number of hydrogen-bond donors (Lipinski definition) is 2. The maximum absolute atomic E-state index is 12.5. The first-order valence-electron chi connectivity index (χ1n) is 7.59. The number of nitrogens with zero attached hydrogens (tertiary/aromatic N) is 1. The van der Waals surface area contributed by atoms with Gasteiger partial charge in [-0.2, -0.15) is 0 Å². The lowest BCUT2D eigenvalue weighted by Gasteiger charge is -2.21. The molecule has 0 spiro atoms. The van der Waals surface area contributed by atoms with Crippen molar-refractivity contribution < 1.29 is 14.7 Å². The van der Waals surface area contributed by atoms with E-state index in [0.717, 1.165) is 5.56 Å². The van der Waals surface area contributed by atoms with Gasteiger partial charge in [-0.05, 0) is 23.6 Å². The van der Waals surface area contributed by atoms with E-state index in [1.165, 1.54) is 16.7 Å². The molecule has 2 rings (SSSR count). The summed E-state index contributed by atoms with van der Waals surface area (Å²) in [5.41, 5.74) is 0.928. The molecule has 5 nitrogen and oxygen atoms in total. The highest BCUT2D eigenvalue weighted by Gasteiger charge is 2.24. The van der Waals surface area contributed by atoms with E-state index in [2.05, 4.69) is 10.3 Å². The molecule has 1 aromatic heterocycles. The second-order valence-electron chi connectivity index (χ2n) is 5.75. The Morgan fingerprint density at radius 2 is 2.12 bits per heavy atom. The lowest BCUT2D eigenvalue weighted by molar-refractivity contribution is -0.123. The SMILES string of the molecule is CC(C)C(C(=O)NCCc1nc(C(=O)O)cs1)c1cccc(Cl)c1. The van der Waals surface area contributed by atoms with Crippen LogP contribution in [0.25, 0.3) is 0 Å². The fourth-order valence-corrected chi connectivity index (χ4v) is 3.44. The Labute approximate surface area is 149 Å². The Morgan fingerprint density at radius 1 is 1.38 bits per heavy atom. The third kappa shape index (κ3) is 4.79. The van der Waals surface area contributed by atoms with Gasteiger partial charge >= 0.3 is 5.97 Å². The number of hydrogen-bond acceptors (Lipinski definition) is 4. The number of thiazole rings is 1. The van der Waals surface area contributed by atoms with Crippen molar-refractivity contribution in [1.82, 2.24) is 10.3 Å². The van der Waals surface area contributed by atoms with Gasteiger partial charge in [-0.1, -0.05) is 37.6 Å². The third-order valence-electron chi connectivity index (χ3n) is 3.57. The van der Waals surface area contributed by atoms with E-state index in [9.17, 15) is 9.59 Å². The number of benzene rings is 1. The fraction of sp³-hybridized carbons (Fsp3) is 0.353. The maximum Gasteiger partial charge on any atom is 0.355 e. The summed E-state index contributed by atoms with van der Waals surface area (Å²) < 4.78 is 0. The molecule has 24 heavy (non-hydrogen) atoms. The number of aromatic nitrogens is 1. The number of amides is 1. The number of carbonyl (C=O) groups excluding carboxylic acids is 1. The van der Waals surface area contributed by atoms with Crippen LogP contribution in [0.4, 0.5) is 0 Å². The van der Waals surface area contributed by atoms with E-state index >= 15 is 0 Å². The summed E-state index contributed by atoms with van der Waals surface area (Å²) in [6, 6.07) is 7.33. The van der Waals surface area contributed by atoms with Crippen LogP contribution in [0.1, 0.15) is 40.8 Å². The number of rotatable bonds is 7. The highest BCUT2D eigenvalue weighted by atomic mass is 35.5. The molecule has 1 aromatic carbocycles. The fourth-order valence-electron chi connectivity index (χ4n) is 2.47. The van der Waals surface area contributed by atoms with E-state index in [1.807, 2.05) is 32.0 Å². The lowest BCUT2D eigenvalue weighted by atomic mass is 9.87. The Hall–Kier alpha value is -1.92. The average Bonchev–Trinajstić information content (AvgIpc) is 2.96. The smallest absolute Gasteiger partial charge is 0.355 e. The van der Waals surface area contributed by atoms with Crippen molar-refractivity contribution >= 4 is 34.8 Å². The van der Waals surface area contributed by atoms with Crippen LogP contribution in [-0.2, 0) is 11.2 Å². The van der Waals surface area contributed by atoms with Gasteiger partial charge in [0.2, 0.25) is 5.91 Å². The predicted octanol–water partition coefficient (Wildman–Crippen LogP) is 3.59. The molecule has 0 aliphatic heterocycles. The van der Waals surface area contributed by atoms with Gasteiger partial charge in [-0.25, -0.2) is 9.78 Å². The molecule has 2 N–H and O–H groups in total. The van der Waals surface area contributed by atoms with Gasteiger partial charge < -0.3 is 10.4 Å². The molecule has 0 radical (unpaired) electrons. The molecule has 7 heteroatoms. The standard InChI is InChI=1S/C17H19ClN2O3S/c1-10(2)15(11-4-3-5-12(18)8-11)16(21)19-7-6-14-20-13(9-24-14)17(22)23/h3-5,8-10,15H,6-7H2,1-2H3,(H,19,21)(H,22,23). The zero-order valence-electron chi connectivity index (χ0n) is 13.5. The number of carboxylic acid groups (broad SMARTS) is 1. The van der Waals surface area contributed by atoms with E-state index in [0.29, 0.717) is 23.0 Å². The number of carboxylic acids is 1. The topological polar surface area (TPSA) is 79.3 Å². The second-order valence-corrected chi connectivity index (χ2v) is 7.13. The van der Waals surface area contributed by atoms with Crippen LogP contribution in [0, 0.1) is 5.92 Å². The van der Waals surface area contributed by atoms with Crippen LogP contribution in [0.5, 0.6) is 0 Å². The molecule has 2 aromatic rings. The second kappa shape index (κ2) is 8.26. The van der Waals surface area contributed by atoms with E-state index in [-0.39, 0.29) is 23.4 Å². The molecule has 0 aliphatic carbocycles. The molecule has 128 valence electrons. The van der Waals surface area contributed by atoms with Gasteiger partial charge in [0.25, 0.3) is 0 Å². The van der Waals surface area contributed by atoms with Crippen LogP contribution >= 0.6 is 22.9 Å². The Balaban J connectivity index is 1.97. The molecule has 0 aliphatic rings. The predicted molar refractivity (Wildman–Crippen MR) is 94.8 cm³/mol. The molecular weight excluding hydrogens is 348 g/mol. The van der Waals surface area contributed by atoms with Crippen LogP contribution < -0.4 is 5.32 Å². The molecular formula is C17H19ClN2O3S. The maximum atomic E-state index is 12.5. The molecule has 0 fully saturated rings. The van der Waals surface area contributed by atoms with Crippen molar-refractivity contribution in [3.63, 3.8) is 0 Å². The van der Waals surface area contributed by atoms with Crippen molar-refractivity contribution in [2.75, 3.05) is 6.54 Å². The van der Waals surface area contributed by atoms with Gasteiger partial charge in [0, 0.05) is 23.4 Å². The van der Waals surface area contributed by atoms with Crippen molar-refractivity contribution in [3.05, 3.63) is 50.9 Å². The minimum atomic E-state index is -1.04. The number of halogens is 1. The zero-order valence-corrected chi connectivity index (χ0v) is 15.0. The first kappa shape index (κ1) is 18.4. The molecule has 1 unspecified atom stereocenters. The van der Waals surface area contributed by atoms with Crippen molar-refractivity contribution in [2.24, 2.45) is 5.92 Å². The van der Waals surface area contributed by atoms with Gasteiger partial charge in [0.05, 0.1) is 10.9 Å². The Bertz CT molecular complexity index is 730. The Kier molecular flexibility index (Phi) is 6.34. The number of nitrogens with one attached hydrogen (secondary N) is 1. The Morgan fingerprint density at radius 3 is 2.71 bits per heavy atom. The summed E-state index contributed by atoms with van der Waals surface area (Å²) in [6.45, 7) is 4.39. The van der Waals surface area contributed by atoms with E-state index in [1.54, 1.807) is 6.07 Å². The molecule has 0 bridgehead atoms. The van der Waals surface area contributed by atoms with Crippen molar-refractivity contribution in [1.29, 1.82) is 0 Å².